The van der Waals surface area contributed by atoms with Crippen molar-refractivity contribution in [2.75, 3.05) is 6.61 Å². The van der Waals surface area contributed by atoms with Crippen molar-refractivity contribution in [2.45, 2.75) is 19.0 Å². The van der Waals surface area contributed by atoms with Crippen LogP contribution < -0.4 is 4.74 Å². The number of rotatable bonds is 4. The van der Waals surface area contributed by atoms with Crippen LogP contribution >= 0.6 is 15.9 Å². The third-order valence-electron chi connectivity index (χ3n) is 2.72. The summed E-state index contributed by atoms with van der Waals surface area (Å²) in [6.45, 7) is 0.208. The van der Waals surface area contributed by atoms with E-state index < -0.39 is 22.4 Å². The highest BCUT2D eigenvalue weighted by molar-refractivity contribution is 9.10. The molecule has 0 spiro atoms. The van der Waals surface area contributed by atoms with Gasteiger partial charge in [0.1, 0.15) is 0 Å². The van der Waals surface area contributed by atoms with Gasteiger partial charge >= 0.3 is 11.9 Å². The normalized spacial score (nSPS) is 15.4. The lowest BCUT2D eigenvalue weighted by molar-refractivity contribution is -0.386. The fourth-order valence-electron chi connectivity index (χ4n) is 1.51. The summed E-state index contributed by atoms with van der Waals surface area (Å²) >= 11 is 2.70. The number of halogens is 4. The molecule has 0 atom stereocenters. The summed E-state index contributed by atoms with van der Waals surface area (Å²) in [6.07, 6.45) is -2.71. The summed E-state index contributed by atoms with van der Waals surface area (Å²) in [5, 5.41) is 10.8. The van der Waals surface area contributed by atoms with Crippen molar-refractivity contribution in [1.82, 2.24) is 0 Å². The molecule has 0 N–H and O–H groups in total. The molecule has 1 aliphatic rings. The Morgan fingerprint density at radius 2 is 2.05 bits per heavy atom. The number of nitro benzene ring substituents is 1. The molecule has 1 aliphatic carbocycles. The second-order valence-electron chi connectivity index (χ2n) is 4.31. The lowest BCUT2D eigenvalue weighted by atomic mass is 10.2. The van der Waals surface area contributed by atoms with E-state index in [-0.39, 0.29) is 22.7 Å². The Morgan fingerprint density at radius 3 is 2.53 bits per heavy atom. The van der Waals surface area contributed by atoms with Crippen molar-refractivity contribution < 1.29 is 22.8 Å². The van der Waals surface area contributed by atoms with Gasteiger partial charge in [-0.3, -0.25) is 10.1 Å². The van der Waals surface area contributed by atoms with Gasteiger partial charge in [-0.2, -0.15) is 13.2 Å². The summed E-state index contributed by atoms with van der Waals surface area (Å²) in [6, 6.07) is 1.50. The van der Waals surface area contributed by atoms with Crippen LogP contribution in [0.2, 0.25) is 0 Å². The van der Waals surface area contributed by atoms with Crippen LogP contribution in [-0.2, 0) is 6.18 Å². The average Bonchev–Trinajstić information content (AvgIpc) is 3.09. The van der Waals surface area contributed by atoms with E-state index in [1.54, 1.807) is 0 Å². The topological polar surface area (TPSA) is 52.4 Å². The number of nitro groups is 1. The fourth-order valence-corrected chi connectivity index (χ4v) is 2.07. The molecule has 0 unspecified atom stereocenters. The van der Waals surface area contributed by atoms with E-state index >= 15 is 0 Å². The van der Waals surface area contributed by atoms with Gasteiger partial charge in [-0.05, 0) is 34.7 Å². The maximum atomic E-state index is 12.7. The van der Waals surface area contributed by atoms with Crippen LogP contribution in [0.15, 0.2) is 16.6 Å². The van der Waals surface area contributed by atoms with Gasteiger partial charge in [0.05, 0.1) is 17.1 Å². The summed E-state index contributed by atoms with van der Waals surface area (Å²) < 4.78 is 42.9. The minimum atomic E-state index is -4.59. The predicted octanol–water partition coefficient (Wildman–Crippen LogP) is 4.16. The van der Waals surface area contributed by atoms with Gasteiger partial charge in [0, 0.05) is 16.6 Å². The third-order valence-corrected chi connectivity index (χ3v) is 3.38. The Morgan fingerprint density at radius 1 is 1.42 bits per heavy atom. The molecule has 2 rings (SSSR count). The van der Waals surface area contributed by atoms with E-state index in [0.717, 1.165) is 18.9 Å². The third kappa shape index (κ3) is 3.37. The van der Waals surface area contributed by atoms with Gasteiger partial charge in [0.25, 0.3) is 0 Å². The van der Waals surface area contributed by atoms with Crippen molar-refractivity contribution >= 4 is 21.6 Å². The molecule has 104 valence electrons. The van der Waals surface area contributed by atoms with E-state index in [1.807, 2.05) is 0 Å². The molecule has 1 aromatic rings. The number of ether oxygens (including phenoxy) is 1. The molecule has 1 saturated carbocycles. The zero-order valence-electron chi connectivity index (χ0n) is 9.54. The van der Waals surface area contributed by atoms with Crippen LogP contribution in [0.25, 0.3) is 0 Å². The van der Waals surface area contributed by atoms with E-state index in [2.05, 4.69) is 15.9 Å². The zero-order chi connectivity index (χ0) is 14.2. The first kappa shape index (κ1) is 14.1. The summed E-state index contributed by atoms with van der Waals surface area (Å²) in [4.78, 5) is 10.1. The SMILES string of the molecule is O=[N+]([O-])c1cc(Br)c(C(F)(F)F)cc1OCC1CC1. The zero-order valence-corrected chi connectivity index (χ0v) is 11.1. The van der Waals surface area contributed by atoms with E-state index in [9.17, 15) is 23.3 Å². The van der Waals surface area contributed by atoms with Crippen LogP contribution in [0.1, 0.15) is 18.4 Å². The number of benzene rings is 1. The highest BCUT2D eigenvalue weighted by Crippen LogP contribution is 2.42. The summed E-state index contributed by atoms with van der Waals surface area (Å²) in [5.41, 5.74) is -1.45. The molecule has 0 saturated heterocycles. The lowest BCUT2D eigenvalue weighted by Gasteiger charge is -2.12. The molecule has 0 bridgehead atoms. The van der Waals surface area contributed by atoms with Gasteiger partial charge in [0.15, 0.2) is 5.75 Å². The molecule has 0 aromatic heterocycles. The largest absolute Gasteiger partial charge is 0.487 e. The van der Waals surface area contributed by atoms with Gasteiger partial charge in [-0.15, -0.1) is 0 Å². The van der Waals surface area contributed by atoms with Crippen molar-refractivity contribution in [2.24, 2.45) is 5.92 Å². The Bertz CT molecular complexity index is 515. The molecule has 19 heavy (non-hydrogen) atoms. The van der Waals surface area contributed by atoms with E-state index in [0.29, 0.717) is 6.07 Å². The number of nitrogens with zero attached hydrogens (tertiary/aromatic N) is 1. The first-order chi connectivity index (χ1) is 8.79. The predicted molar refractivity (Wildman–Crippen MR) is 64.0 cm³/mol. The molecule has 0 heterocycles. The molecule has 0 radical (unpaired) electrons. The highest BCUT2D eigenvalue weighted by Gasteiger charge is 2.36. The van der Waals surface area contributed by atoms with Crippen LogP contribution in [-0.4, -0.2) is 11.5 Å². The number of hydrogen-bond donors (Lipinski definition) is 0. The molecular weight excluding hydrogens is 331 g/mol. The molecule has 0 amide bonds. The van der Waals surface area contributed by atoms with Crippen molar-refractivity contribution in [3.63, 3.8) is 0 Å². The van der Waals surface area contributed by atoms with Gasteiger partial charge in [0.2, 0.25) is 0 Å². The lowest BCUT2D eigenvalue weighted by Crippen LogP contribution is -2.09. The molecule has 1 aromatic carbocycles. The Hall–Kier alpha value is -1.31. The Labute approximate surface area is 114 Å². The van der Waals surface area contributed by atoms with Crippen molar-refractivity contribution in [1.29, 1.82) is 0 Å². The molecule has 8 heteroatoms. The first-order valence-corrected chi connectivity index (χ1v) is 6.26. The van der Waals surface area contributed by atoms with E-state index in [1.165, 1.54) is 0 Å². The number of hydrogen-bond acceptors (Lipinski definition) is 3. The quantitative estimate of drug-likeness (QED) is 0.611. The van der Waals surface area contributed by atoms with Crippen LogP contribution in [0.5, 0.6) is 5.75 Å². The summed E-state index contributed by atoms with van der Waals surface area (Å²) in [5.74, 6) is -0.0509. The second-order valence-corrected chi connectivity index (χ2v) is 5.16. The van der Waals surface area contributed by atoms with Crippen LogP contribution in [0, 0.1) is 16.0 Å². The van der Waals surface area contributed by atoms with Gasteiger partial charge < -0.3 is 4.74 Å². The van der Waals surface area contributed by atoms with Gasteiger partial charge in [-0.1, -0.05) is 0 Å². The van der Waals surface area contributed by atoms with Crippen LogP contribution in [0.3, 0.4) is 0 Å². The Kier molecular flexibility index (Phi) is 3.71. The Balaban J connectivity index is 2.37. The molecule has 0 aliphatic heterocycles. The maximum absolute atomic E-state index is 12.7. The second kappa shape index (κ2) is 4.99. The molecule has 4 nitrogen and oxygen atoms in total. The van der Waals surface area contributed by atoms with Gasteiger partial charge in [-0.25, -0.2) is 0 Å². The summed E-state index contributed by atoms with van der Waals surface area (Å²) in [7, 11) is 0. The average molecular weight is 340 g/mol. The first-order valence-electron chi connectivity index (χ1n) is 5.47. The van der Waals surface area contributed by atoms with Crippen molar-refractivity contribution in [3.05, 3.63) is 32.3 Å². The standard InChI is InChI=1S/C11H9BrF3NO3/c12-8-4-9(16(17)18)10(19-5-6-1-2-6)3-7(8)11(13,14)15/h3-4,6H,1-2,5H2. The van der Waals surface area contributed by atoms with Crippen molar-refractivity contribution in [3.8, 4) is 5.75 Å². The molecular formula is C11H9BrF3NO3. The smallest absolute Gasteiger partial charge is 0.417 e. The fraction of sp³-hybridized carbons (Fsp3) is 0.455. The highest BCUT2D eigenvalue weighted by atomic mass is 79.9. The minimum absolute atomic E-state index is 0.208. The van der Waals surface area contributed by atoms with Crippen LogP contribution in [0.4, 0.5) is 18.9 Å². The minimum Gasteiger partial charge on any atom is -0.487 e. The monoisotopic (exact) mass is 339 g/mol. The number of alkyl halides is 3. The maximum Gasteiger partial charge on any atom is 0.417 e. The van der Waals surface area contributed by atoms with E-state index in [4.69, 9.17) is 4.74 Å². The molecule has 1 fully saturated rings.